The van der Waals surface area contributed by atoms with E-state index in [0.717, 1.165) is 48.5 Å². The standard InChI is InChI=1S/C15H19N3O2/c1-11-4-2-5-14-16-13-6-8-17(7-3-9-19)10-12(13)15(20)18(11)14/h2,4-5,19H,3,6-10H2,1H3. The molecule has 0 aliphatic carbocycles. The predicted octanol–water partition coefficient (Wildman–Crippen LogP) is 0.743. The monoisotopic (exact) mass is 273 g/mol. The average Bonchev–Trinajstić information content (AvgIpc) is 2.45. The van der Waals surface area contributed by atoms with Gasteiger partial charge in [0, 0.05) is 38.4 Å². The molecule has 0 bridgehead atoms. The minimum Gasteiger partial charge on any atom is -0.396 e. The zero-order valence-electron chi connectivity index (χ0n) is 11.7. The van der Waals surface area contributed by atoms with Crippen molar-refractivity contribution in [2.75, 3.05) is 19.7 Å². The molecule has 1 aliphatic heterocycles. The maximum atomic E-state index is 12.7. The van der Waals surface area contributed by atoms with Gasteiger partial charge in [0.1, 0.15) is 5.65 Å². The van der Waals surface area contributed by atoms with Crippen LogP contribution in [0.1, 0.15) is 23.4 Å². The molecule has 0 radical (unpaired) electrons. The summed E-state index contributed by atoms with van der Waals surface area (Å²) in [6, 6.07) is 5.74. The zero-order valence-corrected chi connectivity index (χ0v) is 11.7. The SMILES string of the molecule is Cc1cccc2nc3c(c(=O)n12)CN(CCCO)CC3. The Morgan fingerprint density at radius 1 is 1.40 bits per heavy atom. The van der Waals surface area contributed by atoms with Crippen LogP contribution in [0.15, 0.2) is 23.0 Å². The van der Waals surface area contributed by atoms with Gasteiger partial charge in [0.25, 0.3) is 5.56 Å². The van der Waals surface area contributed by atoms with Gasteiger partial charge in [-0.1, -0.05) is 6.07 Å². The molecule has 0 aromatic carbocycles. The van der Waals surface area contributed by atoms with E-state index in [1.165, 1.54) is 0 Å². The van der Waals surface area contributed by atoms with E-state index in [0.29, 0.717) is 6.54 Å². The molecule has 0 saturated carbocycles. The summed E-state index contributed by atoms with van der Waals surface area (Å²) in [5, 5.41) is 8.92. The van der Waals surface area contributed by atoms with E-state index in [4.69, 9.17) is 5.11 Å². The van der Waals surface area contributed by atoms with Gasteiger partial charge in [-0.25, -0.2) is 4.98 Å². The normalized spacial score (nSPS) is 15.5. The van der Waals surface area contributed by atoms with E-state index in [2.05, 4.69) is 9.88 Å². The number of rotatable bonds is 3. The van der Waals surface area contributed by atoms with Crippen molar-refractivity contribution in [3.63, 3.8) is 0 Å². The van der Waals surface area contributed by atoms with Crippen molar-refractivity contribution >= 4 is 5.65 Å². The first-order valence-corrected chi connectivity index (χ1v) is 7.04. The smallest absolute Gasteiger partial charge is 0.262 e. The number of aromatic nitrogens is 2. The number of fused-ring (bicyclic) bond motifs is 2. The second-order valence-corrected chi connectivity index (χ2v) is 5.31. The molecule has 0 unspecified atom stereocenters. The molecule has 5 nitrogen and oxygen atoms in total. The molecule has 1 aliphatic rings. The van der Waals surface area contributed by atoms with Gasteiger partial charge in [-0.3, -0.25) is 14.1 Å². The molecule has 2 aromatic rings. The van der Waals surface area contributed by atoms with Gasteiger partial charge in [0.15, 0.2) is 0 Å². The Morgan fingerprint density at radius 2 is 2.25 bits per heavy atom. The largest absolute Gasteiger partial charge is 0.396 e. The number of aliphatic hydroxyl groups excluding tert-OH is 1. The van der Waals surface area contributed by atoms with Gasteiger partial charge in [-0.15, -0.1) is 0 Å². The number of pyridine rings is 1. The van der Waals surface area contributed by atoms with Crippen LogP contribution in [0.3, 0.4) is 0 Å². The third-order valence-corrected chi connectivity index (χ3v) is 3.90. The Labute approximate surface area is 117 Å². The van der Waals surface area contributed by atoms with Crippen molar-refractivity contribution in [2.45, 2.75) is 26.3 Å². The Hall–Kier alpha value is -1.72. The fourth-order valence-corrected chi connectivity index (χ4v) is 2.84. The maximum Gasteiger partial charge on any atom is 0.262 e. The lowest BCUT2D eigenvalue weighted by Crippen LogP contribution is -2.37. The zero-order chi connectivity index (χ0) is 14.1. The number of hydrogen-bond acceptors (Lipinski definition) is 4. The van der Waals surface area contributed by atoms with E-state index in [-0.39, 0.29) is 12.2 Å². The summed E-state index contributed by atoms with van der Waals surface area (Å²) in [5.41, 5.74) is 3.44. The minimum absolute atomic E-state index is 0.0526. The number of aliphatic hydroxyl groups is 1. The fourth-order valence-electron chi connectivity index (χ4n) is 2.84. The highest BCUT2D eigenvalue weighted by Gasteiger charge is 2.21. The summed E-state index contributed by atoms with van der Waals surface area (Å²) in [7, 11) is 0. The molecule has 2 aromatic heterocycles. The molecule has 5 heteroatoms. The Balaban J connectivity index is 2.05. The van der Waals surface area contributed by atoms with Crippen LogP contribution in [0.25, 0.3) is 5.65 Å². The molecule has 0 fully saturated rings. The van der Waals surface area contributed by atoms with E-state index >= 15 is 0 Å². The van der Waals surface area contributed by atoms with Crippen LogP contribution in [0, 0.1) is 6.92 Å². The molecule has 0 spiro atoms. The summed E-state index contributed by atoms with van der Waals surface area (Å²) in [6.45, 7) is 4.48. The highest BCUT2D eigenvalue weighted by atomic mass is 16.3. The first-order valence-electron chi connectivity index (χ1n) is 7.04. The number of nitrogens with zero attached hydrogens (tertiary/aromatic N) is 3. The van der Waals surface area contributed by atoms with E-state index < -0.39 is 0 Å². The average molecular weight is 273 g/mol. The van der Waals surface area contributed by atoms with Crippen LogP contribution in [0.4, 0.5) is 0 Å². The third kappa shape index (κ3) is 2.23. The second kappa shape index (κ2) is 5.34. The molecule has 3 heterocycles. The highest BCUT2D eigenvalue weighted by molar-refractivity contribution is 5.42. The fraction of sp³-hybridized carbons (Fsp3) is 0.467. The van der Waals surface area contributed by atoms with E-state index in [1.807, 2.05) is 25.1 Å². The highest BCUT2D eigenvalue weighted by Crippen LogP contribution is 2.15. The Morgan fingerprint density at radius 3 is 3.05 bits per heavy atom. The quantitative estimate of drug-likeness (QED) is 0.896. The first kappa shape index (κ1) is 13.3. The Bertz CT molecular complexity index is 693. The molecule has 1 N–H and O–H groups in total. The predicted molar refractivity (Wildman–Crippen MR) is 76.9 cm³/mol. The van der Waals surface area contributed by atoms with Crippen molar-refractivity contribution in [1.29, 1.82) is 0 Å². The minimum atomic E-state index is 0.0526. The molecular weight excluding hydrogens is 254 g/mol. The molecule has 3 rings (SSSR count). The van der Waals surface area contributed by atoms with Crippen molar-refractivity contribution in [3.8, 4) is 0 Å². The van der Waals surface area contributed by atoms with Crippen LogP contribution in [-0.2, 0) is 13.0 Å². The molecule has 0 saturated heterocycles. The molecular formula is C15H19N3O2. The van der Waals surface area contributed by atoms with Gasteiger partial charge >= 0.3 is 0 Å². The lowest BCUT2D eigenvalue weighted by molar-refractivity contribution is 0.210. The van der Waals surface area contributed by atoms with Gasteiger partial charge in [-0.2, -0.15) is 0 Å². The van der Waals surface area contributed by atoms with Crippen molar-refractivity contribution in [3.05, 3.63) is 45.5 Å². The van der Waals surface area contributed by atoms with Crippen LogP contribution in [0.2, 0.25) is 0 Å². The van der Waals surface area contributed by atoms with E-state index in [9.17, 15) is 4.79 Å². The summed E-state index contributed by atoms with van der Waals surface area (Å²) >= 11 is 0. The van der Waals surface area contributed by atoms with E-state index in [1.54, 1.807) is 4.40 Å². The first-order chi connectivity index (χ1) is 9.70. The molecule has 106 valence electrons. The number of aryl methyl sites for hydroxylation is 1. The van der Waals surface area contributed by atoms with Crippen molar-refractivity contribution < 1.29 is 5.11 Å². The molecule has 0 atom stereocenters. The maximum absolute atomic E-state index is 12.7. The topological polar surface area (TPSA) is 57.8 Å². The van der Waals surface area contributed by atoms with Crippen LogP contribution in [-0.4, -0.2) is 39.1 Å². The third-order valence-electron chi connectivity index (χ3n) is 3.90. The number of hydrogen-bond donors (Lipinski definition) is 1. The lowest BCUT2D eigenvalue weighted by atomic mass is 10.1. The van der Waals surface area contributed by atoms with Crippen LogP contribution < -0.4 is 5.56 Å². The molecule has 0 amide bonds. The van der Waals surface area contributed by atoms with Gasteiger partial charge in [0.05, 0.1) is 11.3 Å². The van der Waals surface area contributed by atoms with Crippen LogP contribution >= 0.6 is 0 Å². The summed E-state index contributed by atoms with van der Waals surface area (Å²) in [5.74, 6) is 0. The van der Waals surface area contributed by atoms with Crippen molar-refractivity contribution in [2.24, 2.45) is 0 Å². The summed E-state index contributed by atoms with van der Waals surface area (Å²) in [6.07, 6.45) is 1.55. The molecule has 20 heavy (non-hydrogen) atoms. The summed E-state index contributed by atoms with van der Waals surface area (Å²) < 4.78 is 1.69. The van der Waals surface area contributed by atoms with Gasteiger partial charge in [-0.05, 0) is 25.5 Å². The van der Waals surface area contributed by atoms with Crippen LogP contribution in [0.5, 0.6) is 0 Å². The lowest BCUT2D eigenvalue weighted by Gasteiger charge is -2.27. The van der Waals surface area contributed by atoms with Gasteiger partial charge in [0.2, 0.25) is 0 Å². The van der Waals surface area contributed by atoms with Gasteiger partial charge < -0.3 is 5.11 Å². The summed E-state index contributed by atoms with van der Waals surface area (Å²) in [4.78, 5) is 19.5. The second-order valence-electron chi connectivity index (χ2n) is 5.31. The van der Waals surface area contributed by atoms with Crippen molar-refractivity contribution in [1.82, 2.24) is 14.3 Å². The Kier molecular flexibility index (Phi) is 3.54.